The Hall–Kier alpha value is -2.90. The van der Waals surface area contributed by atoms with E-state index in [-0.39, 0.29) is 0 Å². The van der Waals surface area contributed by atoms with Crippen molar-refractivity contribution in [1.29, 1.82) is 0 Å². The number of hydrogen-bond donors (Lipinski definition) is 2. The van der Waals surface area contributed by atoms with Crippen LogP contribution < -0.4 is 5.32 Å². The Morgan fingerprint density at radius 3 is 2.79 bits per heavy atom. The van der Waals surface area contributed by atoms with Crippen LogP contribution in [0.3, 0.4) is 0 Å². The van der Waals surface area contributed by atoms with Gasteiger partial charge in [0, 0.05) is 32.6 Å². The molecule has 7 heteroatoms. The zero-order valence-corrected chi connectivity index (χ0v) is 20.6. The van der Waals surface area contributed by atoms with Gasteiger partial charge in [0.25, 0.3) is 0 Å². The number of benzene rings is 2. The molecule has 2 heterocycles. The van der Waals surface area contributed by atoms with Crippen LogP contribution in [0.15, 0.2) is 53.7 Å². The SMILES string of the molecule is CCCSc1cc(-c2cc(NCCc3c(C)sc4c(C)cccc34)ncn2)ccc1C(=O)O. The minimum atomic E-state index is -0.906. The topological polar surface area (TPSA) is 75.1 Å². The van der Waals surface area contributed by atoms with Gasteiger partial charge in [-0.05, 0) is 61.1 Å². The van der Waals surface area contributed by atoms with E-state index in [9.17, 15) is 9.90 Å². The minimum Gasteiger partial charge on any atom is -0.478 e. The van der Waals surface area contributed by atoms with E-state index in [0.29, 0.717) is 5.56 Å². The van der Waals surface area contributed by atoms with E-state index in [1.807, 2.05) is 29.5 Å². The summed E-state index contributed by atoms with van der Waals surface area (Å²) in [6, 6.07) is 13.8. The number of thioether (sulfide) groups is 1. The van der Waals surface area contributed by atoms with Gasteiger partial charge in [0.05, 0.1) is 11.3 Å². The van der Waals surface area contributed by atoms with Gasteiger partial charge in [0.15, 0.2) is 0 Å². The second kappa shape index (κ2) is 10.4. The number of rotatable bonds is 9. The van der Waals surface area contributed by atoms with Crippen molar-refractivity contribution in [3.05, 3.63) is 70.4 Å². The number of hydrogen-bond acceptors (Lipinski definition) is 6. The number of nitrogens with one attached hydrogen (secondary N) is 1. The standard InChI is InChI=1S/C26H27N3O2S2/c1-4-12-32-23-13-18(8-9-21(23)26(30)31)22-14-24(29-15-28-22)27-11-10-19-17(3)33-25-16(2)6-5-7-20(19)25/h5-9,13-15H,4,10-12H2,1-3H3,(H,30,31)(H,27,28,29). The second-order valence-corrected chi connectivity index (χ2v) is 10.3. The molecule has 0 saturated heterocycles. The Bertz CT molecular complexity index is 1300. The maximum atomic E-state index is 11.6. The van der Waals surface area contributed by atoms with E-state index in [2.05, 4.69) is 54.3 Å². The van der Waals surface area contributed by atoms with Gasteiger partial charge in [-0.3, -0.25) is 0 Å². The van der Waals surface area contributed by atoms with Crippen molar-refractivity contribution >= 4 is 45.0 Å². The highest BCUT2D eigenvalue weighted by molar-refractivity contribution is 7.99. The van der Waals surface area contributed by atoms with Crippen LogP contribution in [-0.4, -0.2) is 33.3 Å². The molecule has 0 unspecified atom stereocenters. The molecule has 0 aliphatic carbocycles. The number of aryl methyl sites for hydroxylation is 2. The molecule has 2 aromatic carbocycles. The van der Waals surface area contributed by atoms with Gasteiger partial charge in [0.2, 0.25) is 0 Å². The summed E-state index contributed by atoms with van der Waals surface area (Å²) >= 11 is 3.43. The van der Waals surface area contributed by atoms with Crippen LogP contribution in [0, 0.1) is 13.8 Å². The monoisotopic (exact) mass is 477 g/mol. The molecule has 5 nitrogen and oxygen atoms in total. The van der Waals surface area contributed by atoms with Crippen molar-refractivity contribution in [1.82, 2.24) is 9.97 Å². The zero-order chi connectivity index (χ0) is 23.4. The van der Waals surface area contributed by atoms with Crippen LogP contribution in [0.5, 0.6) is 0 Å². The van der Waals surface area contributed by atoms with Crippen LogP contribution in [0.4, 0.5) is 5.82 Å². The Morgan fingerprint density at radius 2 is 2.00 bits per heavy atom. The van der Waals surface area contributed by atoms with E-state index in [0.717, 1.165) is 47.1 Å². The quantitative estimate of drug-likeness (QED) is 0.257. The van der Waals surface area contributed by atoms with Crippen molar-refractivity contribution in [3.63, 3.8) is 0 Å². The van der Waals surface area contributed by atoms with Crippen molar-refractivity contribution in [2.75, 3.05) is 17.6 Å². The molecule has 2 aromatic heterocycles. The molecule has 0 aliphatic heterocycles. The largest absolute Gasteiger partial charge is 0.478 e. The fraction of sp³-hybridized carbons (Fsp3) is 0.269. The lowest BCUT2D eigenvalue weighted by Gasteiger charge is -2.10. The van der Waals surface area contributed by atoms with Gasteiger partial charge in [0.1, 0.15) is 12.1 Å². The van der Waals surface area contributed by atoms with Crippen LogP contribution in [0.25, 0.3) is 21.3 Å². The second-order valence-electron chi connectivity index (χ2n) is 7.92. The van der Waals surface area contributed by atoms with Gasteiger partial charge in [-0.25, -0.2) is 14.8 Å². The summed E-state index contributed by atoms with van der Waals surface area (Å²) in [5, 5.41) is 14.3. The Morgan fingerprint density at radius 1 is 1.15 bits per heavy atom. The number of nitrogens with zero attached hydrogens (tertiary/aromatic N) is 2. The zero-order valence-electron chi connectivity index (χ0n) is 19.0. The molecular weight excluding hydrogens is 450 g/mol. The number of carboxylic acid groups (broad SMARTS) is 1. The van der Waals surface area contributed by atoms with Gasteiger partial charge < -0.3 is 10.4 Å². The van der Waals surface area contributed by atoms with Crippen LogP contribution in [0.2, 0.25) is 0 Å². The van der Waals surface area contributed by atoms with E-state index in [1.165, 1.54) is 26.1 Å². The number of anilines is 1. The third kappa shape index (κ3) is 5.20. The molecule has 2 N–H and O–H groups in total. The lowest BCUT2D eigenvalue weighted by atomic mass is 10.1. The average Bonchev–Trinajstić information content (AvgIpc) is 3.14. The van der Waals surface area contributed by atoms with Gasteiger partial charge in [-0.1, -0.05) is 31.2 Å². The first-order valence-electron chi connectivity index (χ1n) is 11.0. The first-order chi connectivity index (χ1) is 16.0. The van der Waals surface area contributed by atoms with Crippen LogP contribution >= 0.6 is 23.1 Å². The average molecular weight is 478 g/mol. The van der Waals surface area contributed by atoms with Crippen LogP contribution in [0.1, 0.15) is 39.7 Å². The summed E-state index contributed by atoms with van der Waals surface area (Å²) in [6.07, 6.45) is 3.45. The summed E-state index contributed by atoms with van der Waals surface area (Å²) in [4.78, 5) is 22.5. The number of carbonyl (C=O) groups is 1. The van der Waals surface area contributed by atoms with Crippen LogP contribution in [-0.2, 0) is 6.42 Å². The summed E-state index contributed by atoms with van der Waals surface area (Å²) < 4.78 is 1.37. The molecule has 0 aliphatic rings. The predicted molar refractivity (Wildman–Crippen MR) is 139 cm³/mol. The summed E-state index contributed by atoms with van der Waals surface area (Å²) in [7, 11) is 0. The fourth-order valence-electron chi connectivity index (χ4n) is 3.86. The maximum absolute atomic E-state index is 11.6. The highest BCUT2D eigenvalue weighted by atomic mass is 32.2. The summed E-state index contributed by atoms with van der Waals surface area (Å²) in [5.41, 5.74) is 4.71. The highest BCUT2D eigenvalue weighted by Crippen LogP contribution is 2.33. The maximum Gasteiger partial charge on any atom is 0.336 e. The Labute approximate surface area is 202 Å². The first kappa shape index (κ1) is 23.3. The van der Waals surface area contributed by atoms with Crippen molar-refractivity contribution in [3.8, 4) is 11.3 Å². The summed E-state index contributed by atoms with van der Waals surface area (Å²) in [6.45, 7) is 7.21. The molecule has 170 valence electrons. The molecule has 0 fully saturated rings. The summed E-state index contributed by atoms with van der Waals surface area (Å²) in [5.74, 6) is 0.728. The molecule has 0 saturated carbocycles. The Kier molecular flexibility index (Phi) is 7.30. The molecular formula is C26H27N3O2S2. The van der Waals surface area contributed by atoms with Crippen molar-refractivity contribution < 1.29 is 9.90 Å². The van der Waals surface area contributed by atoms with Gasteiger partial charge in [-0.2, -0.15) is 0 Å². The lowest BCUT2D eigenvalue weighted by molar-refractivity contribution is 0.0693. The minimum absolute atomic E-state index is 0.332. The number of thiophene rings is 1. The highest BCUT2D eigenvalue weighted by Gasteiger charge is 2.13. The number of aromatic nitrogens is 2. The molecule has 0 bridgehead atoms. The lowest BCUT2D eigenvalue weighted by Crippen LogP contribution is -2.07. The van der Waals surface area contributed by atoms with E-state index >= 15 is 0 Å². The molecule has 0 atom stereocenters. The molecule has 33 heavy (non-hydrogen) atoms. The van der Waals surface area contributed by atoms with Gasteiger partial charge in [-0.15, -0.1) is 23.1 Å². The molecule has 0 spiro atoms. The third-order valence-corrected chi connectivity index (χ3v) is 8.09. The molecule has 4 rings (SSSR count). The van der Waals surface area contributed by atoms with E-state index < -0.39 is 5.97 Å². The number of aromatic carboxylic acids is 1. The molecule has 0 amide bonds. The van der Waals surface area contributed by atoms with Gasteiger partial charge >= 0.3 is 5.97 Å². The predicted octanol–water partition coefficient (Wildman–Crippen LogP) is 6.83. The number of carboxylic acids is 1. The normalized spacial score (nSPS) is 11.1. The number of fused-ring (bicyclic) bond motifs is 1. The third-order valence-electron chi connectivity index (χ3n) is 5.53. The fourth-order valence-corrected chi connectivity index (χ4v) is 5.97. The smallest absolute Gasteiger partial charge is 0.336 e. The van der Waals surface area contributed by atoms with Crippen molar-refractivity contribution in [2.24, 2.45) is 0 Å². The molecule has 4 aromatic rings. The molecule has 0 radical (unpaired) electrons. The van der Waals surface area contributed by atoms with E-state index in [1.54, 1.807) is 24.2 Å². The Balaban J connectivity index is 1.50. The first-order valence-corrected chi connectivity index (χ1v) is 12.8. The van der Waals surface area contributed by atoms with E-state index in [4.69, 9.17) is 0 Å². The van der Waals surface area contributed by atoms with Crippen molar-refractivity contribution in [2.45, 2.75) is 38.5 Å².